The second-order valence-corrected chi connectivity index (χ2v) is 6.24. The number of para-hydroxylation sites is 1. The van der Waals surface area contributed by atoms with Gasteiger partial charge in [0.2, 0.25) is 0 Å². The summed E-state index contributed by atoms with van der Waals surface area (Å²) >= 11 is 1.44. The number of nitrogens with zero attached hydrogens (tertiary/aromatic N) is 1. The minimum Gasteiger partial charge on any atom is -0.488 e. The number of nitrogens with one attached hydrogen (secondary N) is 1. The minimum absolute atomic E-state index is 0.219. The summed E-state index contributed by atoms with van der Waals surface area (Å²) in [5.74, 6) is 0.338. The van der Waals surface area contributed by atoms with Gasteiger partial charge in [0.25, 0.3) is 5.91 Å². The molecule has 0 saturated heterocycles. The Bertz CT molecular complexity index is 800. The van der Waals surface area contributed by atoms with Gasteiger partial charge < -0.3 is 4.74 Å². The van der Waals surface area contributed by atoms with E-state index in [2.05, 4.69) is 10.3 Å². The molecule has 23 heavy (non-hydrogen) atoms. The largest absolute Gasteiger partial charge is 0.488 e. The van der Waals surface area contributed by atoms with E-state index in [0.717, 1.165) is 10.4 Å². The lowest BCUT2D eigenvalue weighted by atomic mass is 10.2. The smallest absolute Gasteiger partial charge is 0.261 e. The predicted octanol–water partition coefficient (Wildman–Crippen LogP) is 4.28. The quantitative estimate of drug-likeness (QED) is 0.762. The highest BCUT2D eigenvalue weighted by Crippen LogP contribution is 2.22. The van der Waals surface area contributed by atoms with Crippen LogP contribution in [-0.4, -0.2) is 10.9 Å². The first kappa shape index (κ1) is 15.2. The summed E-state index contributed by atoms with van der Waals surface area (Å²) in [4.78, 5) is 17.6. The lowest BCUT2D eigenvalue weighted by molar-refractivity contribution is 0.102. The van der Waals surface area contributed by atoms with Crippen molar-refractivity contribution in [2.45, 2.75) is 13.5 Å². The van der Waals surface area contributed by atoms with Crippen LogP contribution in [0, 0.1) is 6.92 Å². The van der Waals surface area contributed by atoms with E-state index < -0.39 is 0 Å². The van der Waals surface area contributed by atoms with Gasteiger partial charge in [-0.25, -0.2) is 4.98 Å². The Morgan fingerprint density at radius 2 is 1.87 bits per heavy atom. The van der Waals surface area contributed by atoms with E-state index in [-0.39, 0.29) is 5.91 Å². The molecule has 4 nitrogen and oxygen atoms in total. The first-order valence-corrected chi connectivity index (χ1v) is 8.03. The molecule has 1 heterocycles. The van der Waals surface area contributed by atoms with E-state index in [9.17, 15) is 4.79 Å². The molecule has 1 aromatic heterocycles. The Labute approximate surface area is 138 Å². The zero-order valence-corrected chi connectivity index (χ0v) is 13.5. The normalized spacial score (nSPS) is 10.3. The molecule has 0 fully saturated rings. The van der Waals surface area contributed by atoms with Crippen molar-refractivity contribution >= 4 is 22.4 Å². The highest BCUT2D eigenvalue weighted by Gasteiger charge is 2.13. The van der Waals surface area contributed by atoms with Crippen LogP contribution in [0.4, 0.5) is 5.13 Å². The van der Waals surface area contributed by atoms with Crippen molar-refractivity contribution < 1.29 is 9.53 Å². The van der Waals surface area contributed by atoms with Crippen molar-refractivity contribution in [2.75, 3.05) is 5.32 Å². The van der Waals surface area contributed by atoms with Crippen molar-refractivity contribution in [1.82, 2.24) is 4.98 Å². The molecule has 5 heteroatoms. The number of anilines is 1. The first-order chi connectivity index (χ1) is 11.2. The predicted molar refractivity (Wildman–Crippen MR) is 92.0 cm³/mol. The molecular formula is C18H16N2O2S. The van der Waals surface area contributed by atoms with Gasteiger partial charge in [-0.2, -0.15) is 0 Å². The third-order valence-corrected chi connectivity index (χ3v) is 4.04. The molecule has 2 aromatic carbocycles. The number of amides is 1. The third kappa shape index (κ3) is 3.96. The minimum atomic E-state index is -0.219. The van der Waals surface area contributed by atoms with Crippen molar-refractivity contribution in [1.29, 1.82) is 0 Å². The van der Waals surface area contributed by atoms with Crippen LogP contribution in [0.3, 0.4) is 0 Å². The van der Waals surface area contributed by atoms with Crippen LogP contribution in [0.1, 0.15) is 20.8 Å². The van der Waals surface area contributed by atoms with Crippen LogP contribution in [0.5, 0.6) is 5.75 Å². The van der Waals surface area contributed by atoms with Gasteiger partial charge in [-0.05, 0) is 24.6 Å². The van der Waals surface area contributed by atoms with Crippen molar-refractivity contribution in [3.63, 3.8) is 0 Å². The van der Waals surface area contributed by atoms with Crippen LogP contribution in [0.2, 0.25) is 0 Å². The Morgan fingerprint density at radius 1 is 1.13 bits per heavy atom. The Morgan fingerprint density at radius 3 is 2.61 bits per heavy atom. The lowest BCUT2D eigenvalue weighted by Crippen LogP contribution is -2.13. The molecule has 0 bridgehead atoms. The number of carbonyl (C=O) groups is 1. The van der Waals surface area contributed by atoms with Gasteiger partial charge in [0.15, 0.2) is 5.13 Å². The number of hydrogen-bond donors (Lipinski definition) is 1. The number of aryl methyl sites for hydroxylation is 1. The summed E-state index contributed by atoms with van der Waals surface area (Å²) in [7, 11) is 0. The lowest BCUT2D eigenvalue weighted by Gasteiger charge is -2.11. The highest BCUT2D eigenvalue weighted by atomic mass is 32.1. The summed E-state index contributed by atoms with van der Waals surface area (Å²) in [5, 5.41) is 3.39. The van der Waals surface area contributed by atoms with Crippen LogP contribution in [0.25, 0.3) is 0 Å². The van der Waals surface area contributed by atoms with Gasteiger partial charge >= 0.3 is 0 Å². The molecule has 0 aliphatic heterocycles. The van der Waals surface area contributed by atoms with E-state index in [1.807, 2.05) is 49.4 Å². The molecule has 1 N–H and O–H groups in total. The van der Waals surface area contributed by atoms with Gasteiger partial charge in [-0.1, -0.05) is 42.5 Å². The van der Waals surface area contributed by atoms with Crippen LogP contribution < -0.4 is 10.1 Å². The van der Waals surface area contributed by atoms with Gasteiger partial charge in [0.05, 0.1) is 5.56 Å². The summed E-state index contributed by atoms with van der Waals surface area (Å²) in [6.45, 7) is 2.37. The molecular weight excluding hydrogens is 308 g/mol. The topological polar surface area (TPSA) is 51.2 Å². The number of hydrogen-bond acceptors (Lipinski definition) is 4. The Balaban J connectivity index is 1.73. The first-order valence-electron chi connectivity index (χ1n) is 7.22. The molecule has 0 aliphatic rings. The number of rotatable bonds is 5. The molecule has 0 radical (unpaired) electrons. The Hall–Kier alpha value is -2.66. The zero-order chi connectivity index (χ0) is 16.1. The van der Waals surface area contributed by atoms with Crippen molar-refractivity contribution in [2.24, 2.45) is 0 Å². The number of ether oxygens (including phenoxy) is 1. The molecule has 0 aliphatic carbocycles. The molecule has 0 atom stereocenters. The van der Waals surface area contributed by atoms with Crippen LogP contribution >= 0.6 is 11.3 Å². The molecule has 0 saturated carbocycles. The average Bonchev–Trinajstić information content (AvgIpc) is 2.99. The van der Waals surface area contributed by atoms with E-state index in [0.29, 0.717) is 23.1 Å². The SMILES string of the molecule is Cc1cnc(NC(=O)c2ccccc2OCc2ccccc2)s1. The molecule has 3 rings (SSSR count). The second kappa shape index (κ2) is 7.07. The maximum Gasteiger partial charge on any atom is 0.261 e. The van der Waals surface area contributed by atoms with Gasteiger partial charge in [0, 0.05) is 11.1 Å². The number of benzene rings is 2. The second-order valence-electron chi connectivity index (χ2n) is 5.00. The maximum absolute atomic E-state index is 12.4. The molecule has 0 spiro atoms. The van der Waals surface area contributed by atoms with E-state index in [4.69, 9.17) is 4.74 Å². The van der Waals surface area contributed by atoms with Crippen molar-refractivity contribution in [3.05, 3.63) is 76.8 Å². The van der Waals surface area contributed by atoms with E-state index >= 15 is 0 Å². The standard InChI is InChI=1S/C18H16N2O2S/c1-13-11-19-18(23-13)20-17(21)15-9-5-6-10-16(15)22-12-14-7-3-2-4-8-14/h2-11H,12H2,1H3,(H,19,20,21). The fourth-order valence-electron chi connectivity index (χ4n) is 2.09. The summed E-state index contributed by atoms with van der Waals surface area (Å²) in [6, 6.07) is 17.1. The average molecular weight is 324 g/mol. The number of carbonyl (C=O) groups excluding carboxylic acids is 1. The molecule has 1 amide bonds. The zero-order valence-electron chi connectivity index (χ0n) is 12.7. The fraction of sp³-hybridized carbons (Fsp3) is 0.111. The maximum atomic E-state index is 12.4. The summed E-state index contributed by atoms with van der Waals surface area (Å²) in [6.07, 6.45) is 1.73. The van der Waals surface area contributed by atoms with E-state index in [1.165, 1.54) is 11.3 Å². The molecule has 0 unspecified atom stereocenters. The van der Waals surface area contributed by atoms with Crippen molar-refractivity contribution in [3.8, 4) is 5.75 Å². The molecule has 116 valence electrons. The van der Waals surface area contributed by atoms with Gasteiger partial charge in [-0.15, -0.1) is 11.3 Å². The third-order valence-electron chi connectivity index (χ3n) is 3.21. The highest BCUT2D eigenvalue weighted by molar-refractivity contribution is 7.15. The summed E-state index contributed by atoms with van der Waals surface area (Å²) < 4.78 is 5.81. The van der Waals surface area contributed by atoms with Crippen LogP contribution in [-0.2, 0) is 6.61 Å². The summed E-state index contributed by atoms with van der Waals surface area (Å²) in [5.41, 5.74) is 1.55. The number of thiazole rings is 1. The van der Waals surface area contributed by atoms with Gasteiger partial charge in [0.1, 0.15) is 12.4 Å². The monoisotopic (exact) mass is 324 g/mol. The van der Waals surface area contributed by atoms with Gasteiger partial charge in [-0.3, -0.25) is 10.1 Å². The van der Waals surface area contributed by atoms with E-state index in [1.54, 1.807) is 18.3 Å². The fourth-order valence-corrected chi connectivity index (χ4v) is 2.75. The number of aromatic nitrogens is 1. The Kier molecular flexibility index (Phi) is 4.68. The van der Waals surface area contributed by atoms with Crippen LogP contribution in [0.15, 0.2) is 60.8 Å². The molecule has 3 aromatic rings.